The van der Waals surface area contributed by atoms with E-state index in [1.807, 2.05) is 12.1 Å². The largest absolute Gasteiger partial charge is 0.492 e. The van der Waals surface area contributed by atoms with Crippen molar-refractivity contribution in [1.82, 2.24) is 4.90 Å². The number of rotatable bonds is 0. The Hall–Kier alpha value is -1.23. The highest BCUT2D eigenvalue weighted by molar-refractivity contribution is 9.10. The van der Waals surface area contributed by atoms with E-state index in [-0.39, 0.29) is 5.92 Å². The smallest absolute Gasteiger partial charge is 0.407 e. The first-order chi connectivity index (χ1) is 8.66. The molecule has 2 aliphatic heterocycles. The van der Waals surface area contributed by atoms with Gasteiger partial charge in [0.15, 0.2) is 0 Å². The van der Waals surface area contributed by atoms with Gasteiger partial charge in [-0.1, -0.05) is 12.1 Å². The summed E-state index contributed by atoms with van der Waals surface area (Å²) in [5.74, 6) is 1.52. The molecule has 18 heavy (non-hydrogen) atoms. The van der Waals surface area contributed by atoms with Crippen molar-refractivity contribution in [2.45, 2.75) is 12.3 Å². The maximum absolute atomic E-state index is 11.1. The van der Waals surface area contributed by atoms with Crippen LogP contribution in [-0.2, 0) is 0 Å². The third-order valence-corrected chi connectivity index (χ3v) is 4.47. The van der Waals surface area contributed by atoms with Crippen LogP contribution in [0.25, 0.3) is 0 Å². The number of para-hydroxylation sites is 1. The van der Waals surface area contributed by atoms with Gasteiger partial charge in [-0.2, -0.15) is 0 Å². The fraction of sp³-hybridized carbons (Fsp3) is 0.462. The van der Waals surface area contributed by atoms with Crippen LogP contribution >= 0.6 is 15.9 Å². The van der Waals surface area contributed by atoms with Gasteiger partial charge in [0, 0.05) is 24.6 Å². The van der Waals surface area contributed by atoms with Crippen LogP contribution in [0.3, 0.4) is 0 Å². The highest BCUT2D eigenvalue weighted by Crippen LogP contribution is 2.44. The van der Waals surface area contributed by atoms with Gasteiger partial charge in [0.05, 0.1) is 11.1 Å². The molecular formula is C13H14BrNO3. The van der Waals surface area contributed by atoms with Crippen molar-refractivity contribution in [2.75, 3.05) is 19.7 Å². The van der Waals surface area contributed by atoms with E-state index in [0.29, 0.717) is 25.6 Å². The van der Waals surface area contributed by atoms with Gasteiger partial charge in [-0.25, -0.2) is 4.79 Å². The Kier molecular flexibility index (Phi) is 2.93. The van der Waals surface area contributed by atoms with E-state index in [2.05, 4.69) is 22.0 Å². The molecule has 96 valence electrons. The number of ether oxygens (including phenoxy) is 1. The number of halogens is 1. The number of carbonyl (C=O) groups is 1. The molecule has 2 atom stereocenters. The quantitative estimate of drug-likeness (QED) is 0.801. The van der Waals surface area contributed by atoms with Crippen LogP contribution in [0.5, 0.6) is 5.75 Å². The highest BCUT2D eigenvalue weighted by atomic mass is 79.9. The van der Waals surface area contributed by atoms with E-state index in [4.69, 9.17) is 9.84 Å². The molecule has 1 aromatic rings. The summed E-state index contributed by atoms with van der Waals surface area (Å²) in [4.78, 5) is 12.6. The minimum absolute atomic E-state index is 0.260. The average Bonchev–Trinajstić information content (AvgIpc) is 2.68. The van der Waals surface area contributed by atoms with Crippen LogP contribution < -0.4 is 4.74 Å². The Bertz CT molecular complexity index is 491. The summed E-state index contributed by atoms with van der Waals surface area (Å²) in [5.41, 5.74) is 1.13. The second kappa shape index (κ2) is 4.46. The Balaban J connectivity index is 1.99. The number of nitrogens with zero attached hydrogens (tertiary/aromatic N) is 1. The molecule has 2 aliphatic rings. The van der Waals surface area contributed by atoms with Crippen LogP contribution in [0, 0.1) is 5.92 Å². The zero-order valence-corrected chi connectivity index (χ0v) is 11.4. The maximum atomic E-state index is 11.1. The van der Waals surface area contributed by atoms with Crippen molar-refractivity contribution in [3.05, 3.63) is 28.2 Å². The number of benzene rings is 1. The van der Waals surface area contributed by atoms with E-state index >= 15 is 0 Å². The molecule has 1 amide bonds. The van der Waals surface area contributed by atoms with Gasteiger partial charge in [-0.3, -0.25) is 0 Å². The second-order valence-electron chi connectivity index (χ2n) is 4.85. The van der Waals surface area contributed by atoms with Crippen LogP contribution in [0.1, 0.15) is 17.9 Å². The maximum Gasteiger partial charge on any atom is 0.407 e. The fourth-order valence-electron chi connectivity index (χ4n) is 2.95. The number of hydrogen-bond donors (Lipinski definition) is 1. The molecule has 2 heterocycles. The van der Waals surface area contributed by atoms with E-state index < -0.39 is 6.09 Å². The molecule has 1 aromatic carbocycles. The highest BCUT2D eigenvalue weighted by Gasteiger charge is 2.39. The number of amides is 1. The summed E-state index contributed by atoms with van der Waals surface area (Å²) in [6.45, 7) is 1.85. The zero-order valence-electron chi connectivity index (χ0n) is 9.80. The topological polar surface area (TPSA) is 49.8 Å². The molecule has 0 spiro atoms. The monoisotopic (exact) mass is 311 g/mol. The van der Waals surface area contributed by atoms with E-state index in [1.54, 1.807) is 0 Å². The zero-order chi connectivity index (χ0) is 12.7. The summed E-state index contributed by atoms with van der Waals surface area (Å²) in [7, 11) is 0. The lowest BCUT2D eigenvalue weighted by molar-refractivity contribution is 0.152. The van der Waals surface area contributed by atoms with Crippen molar-refractivity contribution in [3.63, 3.8) is 0 Å². The normalized spacial score (nSPS) is 25.9. The molecule has 0 radical (unpaired) electrons. The van der Waals surface area contributed by atoms with Crippen molar-refractivity contribution >= 4 is 22.0 Å². The molecule has 0 saturated carbocycles. The molecule has 5 heteroatoms. The molecule has 4 nitrogen and oxygen atoms in total. The van der Waals surface area contributed by atoms with Crippen molar-refractivity contribution in [1.29, 1.82) is 0 Å². The van der Waals surface area contributed by atoms with Gasteiger partial charge in [-0.15, -0.1) is 0 Å². The first-order valence-electron chi connectivity index (χ1n) is 6.06. The lowest BCUT2D eigenvalue weighted by Gasteiger charge is -2.16. The first kappa shape index (κ1) is 11.8. The standard InChI is InChI=1S/C13H14BrNO3/c14-11-3-1-2-9-10-7-15(13(16)17)6-8(10)4-5-18-12(9)11/h1-3,8,10H,4-7H2,(H,16,17)/t8?,10-/m0/s1. The predicted molar refractivity (Wildman–Crippen MR) is 70.1 cm³/mol. The Morgan fingerprint density at radius 1 is 1.44 bits per heavy atom. The van der Waals surface area contributed by atoms with E-state index in [9.17, 15) is 4.79 Å². The third-order valence-electron chi connectivity index (χ3n) is 3.84. The Morgan fingerprint density at radius 3 is 3.06 bits per heavy atom. The molecule has 1 unspecified atom stereocenters. The second-order valence-corrected chi connectivity index (χ2v) is 5.70. The number of carboxylic acid groups (broad SMARTS) is 1. The first-order valence-corrected chi connectivity index (χ1v) is 6.85. The van der Waals surface area contributed by atoms with E-state index in [0.717, 1.165) is 22.2 Å². The molecule has 1 saturated heterocycles. The van der Waals surface area contributed by atoms with Crippen LogP contribution in [0.2, 0.25) is 0 Å². The van der Waals surface area contributed by atoms with Crippen molar-refractivity contribution in [2.24, 2.45) is 5.92 Å². The SMILES string of the molecule is O=C(O)N1CC2CCOc3c(Br)cccc3[C@H]2C1. The Labute approximate surface area is 114 Å². The molecule has 0 bridgehead atoms. The van der Waals surface area contributed by atoms with Crippen LogP contribution in [0.4, 0.5) is 4.79 Å². The van der Waals surface area contributed by atoms with E-state index in [1.165, 1.54) is 4.90 Å². The number of hydrogen-bond acceptors (Lipinski definition) is 2. The van der Waals surface area contributed by atoms with Crippen molar-refractivity contribution in [3.8, 4) is 5.75 Å². The van der Waals surface area contributed by atoms with Gasteiger partial charge < -0.3 is 14.7 Å². The predicted octanol–water partition coefficient (Wildman–Crippen LogP) is 2.93. The minimum atomic E-state index is -0.819. The number of likely N-dealkylation sites (tertiary alicyclic amines) is 1. The van der Waals surface area contributed by atoms with Crippen LogP contribution in [-0.4, -0.2) is 35.8 Å². The van der Waals surface area contributed by atoms with Gasteiger partial charge in [0.1, 0.15) is 5.75 Å². The Morgan fingerprint density at radius 2 is 2.28 bits per heavy atom. The lowest BCUT2D eigenvalue weighted by Crippen LogP contribution is -2.27. The van der Waals surface area contributed by atoms with Gasteiger partial charge in [0.25, 0.3) is 0 Å². The third kappa shape index (κ3) is 1.86. The molecule has 0 aromatic heterocycles. The molecule has 0 aliphatic carbocycles. The summed E-state index contributed by atoms with van der Waals surface area (Å²) in [6.07, 6.45) is 0.0933. The minimum Gasteiger partial charge on any atom is -0.492 e. The molecule has 3 rings (SSSR count). The summed E-state index contributed by atoms with van der Waals surface area (Å²) in [5, 5.41) is 9.12. The summed E-state index contributed by atoms with van der Waals surface area (Å²) >= 11 is 3.50. The fourth-order valence-corrected chi connectivity index (χ4v) is 3.45. The van der Waals surface area contributed by atoms with Crippen molar-refractivity contribution < 1.29 is 14.6 Å². The molecule has 1 fully saturated rings. The summed E-state index contributed by atoms with van der Waals surface area (Å²) < 4.78 is 6.75. The van der Waals surface area contributed by atoms with Gasteiger partial charge in [0.2, 0.25) is 0 Å². The summed E-state index contributed by atoms with van der Waals surface area (Å²) in [6, 6.07) is 6.00. The lowest BCUT2D eigenvalue weighted by atomic mass is 9.87. The number of fused-ring (bicyclic) bond motifs is 3. The van der Waals surface area contributed by atoms with Gasteiger partial charge in [-0.05, 0) is 34.3 Å². The molecular weight excluding hydrogens is 298 g/mol. The van der Waals surface area contributed by atoms with Crippen LogP contribution in [0.15, 0.2) is 22.7 Å². The molecule has 1 N–H and O–H groups in total. The average molecular weight is 312 g/mol. The van der Waals surface area contributed by atoms with Gasteiger partial charge >= 0.3 is 6.09 Å².